The van der Waals surface area contributed by atoms with Crippen LogP contribution in [0.4, 0.5) is 18.9 Å². The monoisotopic (exact) mass is 500 g/mol. The number of nitrogens with one attached hydrogen (secondary N) is 1. The number of para-hydroxylation sites is 1. The van der Waals surface area contributed by atoms with Gasteiger partial charge in [0.05, 0.1) is 44.5 Å². The summed E-state index contributed by atoms with van der Waals surface area (Å²) in [7, 11) is 4.01. The number of aromatic nitrogens is 3. The maximum absolute atomic E-state index is 13.9. The lowest BCUT2D eigenvalue weighted by atomic mass is 10.1. The van der Waals surface area contributed by atoms with Crippen LogP contribution in [-0.2, 0) is 10.9 Å². The highest BCUT2D eigenvalue weighted by Crippen LogP contribution is 2.36. The Morgan fingerprint density at radius 2 is 1.67 bits per heavy atom. The number of halogens is 3. The number of carbonyl (C=O) groups excluding carboxylic acids is 2. The van der Waals surface area contributed by atoms with E-state index in [1.807, 2.05) is 0 Å². The maximum Gasteiger partial charge on any atom is 0.433 e. The highest BCUT2D eigenvalue weighted by Gasteiger charge is 2.36. The number of amides is 1. The Hall–Kier alpha value is -4.61. The largest absolute Gasteiger partial charge is 0.493 e. The number of esters is 1. The number of nitrogens with zero attached hydrogens (tertiary/aromatic N) is 3. The second kappa shape index (κ2) is 9.56. The van der Waals surface area contributed by atoms with E-state index in [0.29, 0.717) is 15.8 Å². The lowest BCUT2D eigenvalue weighted by molar-refractivity contribution is -0.142. The summed E-state index contributed by atoms with van der Waals surface area (Å²) in [4.78, 5) is 29.4. The van der Waals surface area contributed by atoms with Crippen LogP contribution in [0.15, 0.2) is 54.7 Å². The molecule has 9 nitrogen and oxygen atoms in total. The number of alkyl halides is 3. The highest BCUT2D eigenvalue weighted by molar-refractivity contribution is 6.10. The Bertz CT molecular complexity index is 1470. The van der Waals surface area contributed by atoms with Crippen molar-refractivity contribution in [1.29, 1.82) is 0 Å². The fourth-order valence-electron chi connectivity index (χ4n) is 3.54. The smallest absolute Gasteiger partial charge is 0.433 e. The molecule has 4 rings (SSSR count). The second-order valence-corrected chi connectivity index (χ2v) is 7.38. The predicted octanol–water partition coefficient (Wildman–Crippen LogP) is 4.47. The summed E-state index contributed by atoms with van der Waals surface area (Å²) in [6.45, 7) is 0. The van der Waals surface area contributed by atoms with Gasteiger partial charge in [0.1, 0.15) is 5.56 Å². The van der Waals surface area contributed by atoms with E-state index in [4.69, 9.17) is 14.2 Å². The first-order valence-electron chi connectivity index (χ1n) is 10.3. The van der Waals surface area contributed by atoms with Crippen molar-refractivity contribution in [3.63, 3.8) is 0 Å². The molecule has 0 bridgehead atoms. The van der Waals surface area contributed by atoms with Crippen LogP contribution in [0.1, 0.15) is 26.4 Å². The van der Waals surface area contributed by atoms with Crippen LogP contribution >= 0.6 is 0 Å². The summed E-state index contributed by atoms with van der Waals surface area (Å²) in [5.41, 5.74) is -1.29. The minimum absolute atomic E-state index is 0.0692. The quantitative estimate of drug-likeness (QED) is 0.390. The van der Waals surface area contributed by atoms with Gasteiger partial charge in [-0.05, 0) is 36.4 Å². The zero-order valence-corrected chi connectivity index (χ0v) is 19.2. The molecule has 0 aliphatic carbocycles. The fraction of sp³-hybridized carbons (Fsp3) is 0.167. The molecule has 0 fully saturated rings. The van der Waals surface area contributed by atoms with Crippen molar-refractivity contribution in [3.8, 4) is 22.8 Å². The van der Waals surface area contributed by atoms with Gasteiger partial charge in [0.2, 0.25) is 0 Å². The minimum atomic E-state index is -4.80. The molecule has 12 heteroatoms. The van der Waals surface area contributed by atoms with E-state index in [9.17, 15) is 22.8 Å². The summed E-state index contributed by atoms with van der Waals surface area (Å²) in [6.07, 6.45) is -3.82. The molecule has 1 N–H and O–H groups in total. The van der Waals surface area contributed by atoms with Gasteiger partial charge in [-0.3, -0.25) is 4.79 Å². The summed E-state index contributed by atoms with van der Waals surface area (Å²) in [5, 5.41) is 6.27. The number of anilines is 1. The van der Waals surface area contributed by atoms with Crippen LogP contribution in [0.3, 0.4) is 0 Å². The van der Waals surface area contributed by atoms with Crippen molar-refractivity contribution in [2.75, 3.05) is 26.6 Å². The van der Waals surface area contributed by atoms with Crippen LogP contribution < -0.4 is 14.8 Å². The van der Waals surface area contributed by atoms with Gasteiger partial charge in [0, 0.05) is 5.56 Å². The molecule has 0 atom stereocenters. The molecule has 0 unspecified atom stereocenters. The Morgan fingerprint density at radius 3 is 2.33 bits per heavy atom. The van der Waals surface area contributed by atoms with Crippen molar-refractivity contribution >= 4 is 23.2 Å². The van der Waals surface area contributed by atoms with Crippen molar-refractivity contribution in [1.82, 2.24) is 14.6 Å². The van der Waals surface area contributed by atoms with Gasteiger partial charge in [-0.1, -0.05) is 12.1 Å². The van der Waals surface area contributed by atoms with Crippen LogP contribution in [0, 0.1) is 0 Å². The number of fused-ring (bicyclic) bond motifs is 1. The average molecular weight is 500 g/mol. The molecule has 0 saturated carbocycles. The Balaban J connectivity index is 1.84. The Kier molecular flexibility index (Phi) is 6.51. The molecule has 2 heterocycles. The molecule has 0 saturated heterocycles. The molecule has 1 amide bonds. The van der Waals surface area contributed by atoms with Gasteiger partial charge < -0.3 is 19.5 Å². The van der Waals surface area contributed by atoms with Crippen LogP contribution in [-0.4, -0.2) is 47.8 Å². The van der Waals surface area contributed by atoms with Gasteiger partial charge in [0.25, 0.3) is 5.91 Å². The number of hydrogen-bond donors (Lipinski definition) is 1. The summed E-state index contributed by atoms with van der Waals surface area (Å²) >= 11 is 0. The van der Waals surface area contributed by atoms with E-state index < -0.39 is 23.7 Å². The predicted molar refractivity (Wildman–Crippen MR) is 122 cm³/mol. The first-order chi connectivity index (χ1) is 17.2. The van der Waals surface area contributed by atoms with Gasteiger partial charge in [-0.2, -0.15) is 18.3 Å². The van der Waals surface area contributed by atoms with E-state index in [0.717, 1.165) is 12.3 Å². The lowest BCUT2D eigenvalue weighted by Gasteiger charge is -2.13. The number of hydrogen-bond acceptors (Lipinski definition) is 7. The van der Waals surface area contributed by atoms with Crippen molar-refractivity contribution < 1.29 is 37.0 Å². The number of benzene rings is 2. The fourth-order valence-corrected chi connectivity index (χ4v) is 3.54. The van der Waals surface area contributed by atoms with E-state index in [1.165, 1.54) is 51.7 Å². The van der Waals surface area contributed by atoms with Crippen LogP contribution in [0.25, 0.3) is 16.9 Å². The van der Waals surface area contributed by atoms with E-state index in [1.54, 1.807) is 12.1 Å². The topological polar surface area (TPSA) is 104 Å². The average Bonchev–Trinajstić information content (AvgIpc) is 3.31. The number of carbonyl (C=O) groups is 2. The summed E-state index contributed by atoms with van der Waals surface area (Å²) in [5.74, 6) is -0.839. The zero-order valence-electron chi connectivity index (χ0n) is 19.2. The normalized spacial score (nSPS) is 11.3. The number of ether oxygens (including phenoxy) is 3. The molecule has 186 valence electrons. The molecular formula is C24H19F3N4O5. The molecule has 0 spiro atoms. The molecule has 2 aromatic carbocycles. The molecule has 4 aromatic rings. The van der Waals surface area contributed by atoms with Gasteiger partial charge in [-0.25, -0.2) is 14.3 Å². The first kappa shape index (κ1) is 24.5. The third kappa shape index (κ3) is 4.52. The zero-order chi connectivity index (χ0) is 26.0. The Morgan fingerprint density at radius 1 is 0.944 bits per heavy atom. The third-order valence-corrected chi connectivity index (χ3v) is 5.27. The summed E-state index contributed by atoms with van der Waals surface area (Å²) in [6, 6.07) is 11.4. The molecular weight excluding hydrogens is 481 g/mol. The summed E-state index contributed by atoms with van der Waals surface area (Å²) < 4.78 is 57.5. The second-order valence-electron chi connectivity index (χ2n) is 7.38. The highest BCUT2D eigenvalue weighted by atomic mass is 19.4. The van der Waals surface area contributed by atoms with Crippen molar-refractivity contribution in [3.05, 3.63) is 71.5 Å². The van der Waals surface area contributed by atoms with Crippen LogP contribution in [0.2, 0.25) is 0 Å². The minimum Gasteiger partial charge on any atom is -0.493 e. The molecule has 2 aromatic heterocycles. The van der Waals surface area contributed by atoms with E-state index in [2.05, 4.69) is 15.4 Å². The van der Waals surface area contributed by atoms with Crippen molar-refractivity contribution in [2.24, 2.45) is 0 Å². The first-order valence-corrected chi connectivity index (χ1v) is 10.3. The molecule has 36 heavy (non-hydrogen) atoms. The van der Waals surface area contributed by atoms with Gasteiger partial charge in [0.15, 0.2) is 22.8 Å². The van der Waals surface area contributed by atoms with E-state index in [-0.39, 0.29) is 33.9 Å². The van der Waals surface area contributed by atoms with Crippen LogP contribution in [0.5, 0.6) is 11.5 Å². The number of methoxy groups -OCH3 is 3. The Labute approximate surface area is 202 Å². The van der Waals surface area contributed by atoms with Crippen molar-refractivity contribution in [2.45, 2.75) is 6.18 Å². The standard InChI is InChI=1S/C24H19F3N4O5/c1-34-18-9-8-13(10-19(18)35-2)17-11-20(24(25,26)27)31-21(29-17)15(12-28-31)22(32)30-16-7-5-4-6-14(16)23(33)36-3/h4-12H,1-3H3,(H,30,32). The third-order valence-electron chi connectivity index (χ3n) is 5.27. The SMILES string of the molecule is COC(=O)c1ccccc1NC(=O)c1cnn2c(C(F)(F)F)cc(-c3ccc(OC)c(OC)c3)nc12. The number of rotatable bonds is 6. The lowest BCUT2D eigenvalue weighted by Crippen LogP contribution is -2.17. The van der Waals surface area contributed by atoms with Gasteiger partial charge in [-0.15, -0.1) is 0 Å². The van der Waals surface area contributed by atoms with Gasteiger partial charge >= 0.3 is 12.1 Å². The maximum atomic E-state index is 13.9. The van der Waals surface area contributed by atoms with E-state index >= 15 is 0 Å². The molecule has 0 aliphatic rings. The molecule has 0 aliphatic heterocycles. The molecule has 0 radical (unpaired) electrons.